The summed E-state index contributed by atoms with van der Waals surface area (Å²) in [7, 11) is 0. The Morgan fingerprint density at radius 2 is 2.17 bits per heavy atom. The van der Waals surface area contributed by atoms with Crippen LogP contribution in [0.25, 0.3) is 0 Å². The second kappa shape index (κ2) is 6.58. The molecule has 0 heterocycles. The highest BCUT2D eigenvalue weighted by molar-refractivity contribution is 5.91. The molecule has 0 saturated heterocycles. The van der Waals surface area contributed by atoms with Crippen molar-refractivity contribution < 1.29 is 23.8 Å². The van der Waals surface area contributed by atoms with Gasteiger partial charge < -0.3 is 15.2 Å². The number of nitrogens with one attached hydrogen (secondary N) is 1. The maximum absolute atomic E-state index is 13.3. The molecule has 0 fully saturated rings. The molecule has 1 amide bonds. The molecule has 0 bridgehead atoms. The van der Waals surface area contributed by atoms with E-state index in [0.29, 0.717) is 6.54 Å². The van der Waals surface area contributed by atoms with Gasteiger partial charge in [0.25, 0.3) is 0 Å². The summed E-state index contributed by atoms with van der Waals surface area (Å²) in [6.07, 6.45) is 0.0867. The van der Waals surface area contributed by atoms with Crippen molar-refractivity contribution in [2.45, 2.75) is 13.3 Å². The van der Waals surface area contributed by atoms with Gasteiger partial charge in [0, 0.05) is 6.54 Å². The van der Waals surface area contributed by atoms with Gasteiger partial charge in [-0.25, -0.2) is 9.18 Å². The minimum absolute atomic E-state index is 0.00440. The molecule has 6 heteroatoms. The molecule has 0 aliphatic rings. The Hall–Kier alpha value is -2.11. The summed E-state index contributed by atoms with van der Waals surface area (Å²) in [6.45, 7) is 2.29. The molecule has 0 aliphatic carbocycles. The van der Waals surface area contributed by atoms with Crippen LogP contribution < -0.4 is 10.1 Å². The third-order valence-electron chi connectivity index (χ3n) is 2.15. The fraction of sp³-hybridized carbons (Fsp3) is 0.333. The van der Waals surface area contributed by atoms with Crippen molar-refractivity contribution in [2.75, 3.05) is 13.2 Å². The number of carboxylic acid groups (broad SMARTS) is 1. The van der Waals surface area contributed by atoms with E-state index in [-0.39, 0.29) is 24.7 Å². The molecule has 0 aromatic heterocycles. The summed E-state index contributed by atoms with van der Waals surface area (Å²) in [5.74, 6) is -2.54. The van der Waals surface area contributed by atoms with Crippen molar-refractivity contribution in [1.82, 2.24) is 5.32 Å². The SMILES string of the molecule is CCNC(=O)CCOc1cccc(F)c1C(=O)O. The second-order valence-corrected chi connectivity index (χ2v) is 3.47. The van der Waals surface area contributed by atoms with Crippen molar-refractivity contribution >= 4 is 11.9 Å². The molecule has 0 spiro atoms. The number of benzene rings is 1. The van der Waals surface area contributed by atoms with Gasteiger partial charge in [0.1, 0.15) is 17.1 Å². The normalized spacial score (nSPS) is 9.89. The van der Waals surface area contributed by atoms with Gasteiger partial charge in [-0.2, -0.15) is 0 Å². The molecule has 5 nitrogen and oxygen atoms in total. The van der Waals surface area contributed by atoms with E-state index in [9.17, 15) is 14.0 Å². The quantitative estimate of drug-likeness (QED) is 0.806. The summed E-state index contributed by atoms with van der Waals surface area (Å²) < 4.78 is 18.4. The Bertz CT molecular complexity index is 448. The second-order valence-electron chi connectivity index (χ2n) is 3.47. The molecule has 1 aromatic rings. The van der Waals surface area contributed by atoms with Crippen LogP contribution in [0.3, 0.4) is 0 Å². The number of halogens is 1. The number of aromatic carboxylic acids is 1. The third kappa shape index (κ3) is 3.73. The van der Waals surface area contributed by atoms with Crippen molar-refractivity contribution in [2.24, 2.45) is 0 Å². The average molecular weight is 255 g/mol. The zero-order valence-electron chi connectivity index (χ0n) is 9.90. The summed E-state index contributed by atoms with van der Waals surface area (Å²) >= 11 is 0. The van der Waals surface area contributed by atoms with Crippen LogP contribution in [0.2, 0.25) is 0 Å². The lowest BCUT2D eigenvalue weighted by Gasteiger charge is -2.09. The molecule has 0 radical (unpaired) electrons. The molecule has 0 aliphatic heterocycles. The largest absolute Gasteiger partial charge is 0.492 e. The predicted molar refractivity (Wildman–Crippen MR) is 62.2 cm³/mol. The number of hydrogen-bond acceptors (Lipinski definition) is 3. The van der Waals surface area contributed by atoms with Crippen molar-refractivity contribution in [1.29, 1.82) is 0 Å². The van der Waals surface area contributed by atoms with E-state index in [4.69, 9.17) is 9.84 Å². The van der Waals surface area contributed by atoms with Crippen LogP contribution in [0.1, 0.15) is 23.7 Å². The van der Waals surface area contributed by atoms with Crippen LogP contribution in [0.4, 0.5) is 4.39 Å². The first-order valence-electron chi connectivity index (χ1n) is 5.47. The molecule has 1 rings (SSSR count). The molecular formula is C12H14FNO4. The molecule has 2 N–H and O–H groups in total. The summed E-state index contributed by atoms with van der Waals surface area (Å²) in [5.41, 5.74) is -0.520. The molecule has 0 unspecified atom stereocenters. The number of hydrogen-bond donors (Lipinski definition) is 2. The summed E-state index contributed by atoms with van der Waals surface area (Å²) in [4.78, 5) is 22.0. The first-order valence-corrected chi connectivity index (χ1v) is 5.47. The van der Waals surface area contributed by atoms with Crippen molar-refractivity contribution in [3.8, 4) is 5.75 Å². The van der Waals surface area contributed by atoms with E-state index in [2.05, 4.69) is 5.32 Å². The van der Waals surface area contributed by atoms with E-state index in [0.717, 1.165) is 6.07 Å². The fourth-order valence-electron chi connectivity index (χ4n) is 1.37. The number of rotatable bonds is 6. The summed E-state index contributed by atoms with van der Waals surface area (Å²) in [5, 5.41) is 11.4. The zero-order chi connectivity index (χ0) is 13.5. The van der Waals surface area contributed by atoms with Crippen molar-refractivity contribution in [3.63, 3.8) is 0 Å². The monoisotopic (exact) mass is 255 g/mol. The molecular weight excluding hydrogens is 241 g/mol. The van der Waals surface area contributed by atoms with Crippen molar-refractivity contribution in [3.05, 3.63) is 29.6 Å². The number of carbonyl (C=O) groups excluding carboxylic acids is 1. The highest BCUT2D eigenvalue weighted by Crippen LogP contribution is 2.21. The van der Waals surface area contributed by atoms with Gasteiger partial charge in [-0.3, -0.25) is 4.79 Å². The zero-order valence-corrected chi connectivity index (χ0v) is 9.90. The molecule has 18 heavy (non-hydrogen) atoms. The lowest BCUT2D eigenvalue weighted by atomic mass is 10.2. The first kappa shape index (κ1) is 14.0. The van der Waals surface area contributed by atoms with Gasteiger partial charge in [0.05, 0.1) is 13.0 Å². The standard InChI is InChI=1S/C12H14FNO4/c1-2-14-10(15)6-7-18-9-5-3-4-8(13)11(9)12(16)17/h3-5H,2,6-7H2,1H3,(H,14,15)(H,16,17). The Morgan fingerprint density at radius 3 is 2.78 bits per heavy atom. The lowest BCUT2D eigenvalue weighted by molar-refractivity contribution is -0.121. The predicted octanol–water partition coefficient (Wildman–Crippen LogP) is 1.43. The fourth-order valence-corrected chi connectivity index (χ4v) is 1.37. The van der Waals surface area contributed by atoms with Crippen LogP contribution in [0, 0.1) is 5.82 Å². The number of ether oxygens (including phenoxy) is 1. The maximum Gasteiger partial charge on any atom is 0.342 e. The minimum atomic E-state index is -1.40. The maximum atomic E-state index is 13.3. The molecule has 0 atom stereocenters. The van der Waals surface area contributed by atoms with Crippen LogP contribution in [-0.4, -0.2) is 30.1 Å². The Labute approximate surface area is 104 Å². The molecule has 1 aromatic carbocycles. The van der Waals surface area contributed by atoms with Crippen LogP contribution in [0.15, 0.2) is 18.2 Å². The topological polar surface area (TPSA) is 75.6 Å². The van der Waals surface area contributed by atoms with E-state index in [1.54, 1.807) is 6.92 Å². The summed E-state index contributed by atoms with van der Waals surface area (Å²) in [6, 6.07) is 3.74. The van der Waals surface area contributed by atoms with E-state index in [1.165, 1.54) is 12.1 Å². The number of carbonyl (C=O) groups is 2. The minimum Gasteiger partial charge on any atom is -0.492 e. The Kier molecular flexibility index (Phi) is 5.10. The third-order valence-corrected chi connectivity index (χ3v) is 2.15. The molecule has 98 valence electrons. The highest BCUT2D eigenvalue weighted by atomic mass is 19.1. The Balaban J connectivity index is 2.65. The van der Waals surface area contributed by atoms with E-state index < -0.39 is 17.3 Å². The average Bonchev–Trinajstić information content (AvgIpc) is 2.28. The van der Waals surface area contributed by atoms with Crippen LogP contribution in [0.5, 0.6) is 5.75 Å². The van der Waals surface area contributed by atoms with E-state index in [1.807, 2.05) is 0 Å². The van der Waals surface area contributed by atoms with Gasteiger partial charge in [-0.1, -0.05) is 6.07 Å². The smallest absolute Gasteiger partial charge is 0.342 e. The Morgan fingerprint density at radius 1 is 1.44 bits per heavy atom. The van der Waals surface area contributed by atoms with Crippen LogP contribution >= 0.6 is 0 Å². The highest BCUT2D eigenvalue weighted by Gasteiger charge is 2.16. The number of carboxylic acids is 1. The van der Waals surface area contributed by atoms with Gasteiger partial charge in [0.2, 0.25) is 5.91 Å². The van der Waals surface area contributed by atoms with Gasteiger partial charge in [-0.05, 0) is 19.1 Å². The van der Waals surface area contributed by atoms with Gasteiger partial charge >= 0.3 is 5.97 Å². The molecule has 0 saturated carbocycles. The lowest BCUT2D eigenvalue weighted by Crippen LogP contribution is -2.24. The van der Waals surface area contributed by atoms with Crippen LogP contribution in [-0.2, 0) is 4.79 Å². The van der Waals surface area contributed by atoms with E-state index >= 15 is 0 Å². The van der Waals surface area contributed by atoms with Gasteiger partial charge in [0.15, 0.2) is 0 Å². The number of amides is 1. The first-order chi connectivity index (χ1) is 8.56. The van der Waals surface area contributed by atoms with Gasteiger partial charge in [-0.15, -0.1) is 0 Å².